The number of aryl methyl sites for hydroxylation is 1. The van der Waals surface area contributed by atoms with E-state index >= 15 is 0 Å². The minimum Gasteiger partial charge on any atom is -0.381 e. The number of halogens is 1. The van der Waals surface area contributed by atoms with E-state index in [1.165, 1.54) is 0 Å². The van der Waals surface area contributed by atoms with Crippen LogP contribution in [0.4, 0.5) is 0 Å². The van der Waals surface area contributed by atoms with Gasteiger partial charge in [0.1, 0.15) is 5.15 Å². The first kappa shape index (κ1) is 11.0. The van der Waals surface area contributed by atoms with Crippen LogP contribution in [0.5, 0.6) is 0 Å². The van der Waals surface area contributed by atoms with E-state index in [0.717, 1.165) is 36.9 Å². The first-order chi connectivity index (χ1) is 7.18. The molecule has 0 saturated carbocycles. The van der Waals surface area contributed by atoms with Crippen molar-refractivity contribution in [2.24, 2.45) is 5.92 Å². The van der Waals surface area contributed by atoms with Crippen LogP contribution in [-0.2, 0) is 4.74 Å². The van der Waals surface area contributed by atoms with Gasteiger partial charge < -0.3 is 4.74 Å². The topological polar surface area (TPSA) is 27.1 Å². The Morgan fingerprint density at radius 3 is 2.73 bits per heavy atom. The van der Waals surface area contributed by atoms with E-state index in [1.54, 1.807) is 0 Å². The summed E-state index contributed by atoms with van der Waals surface area (Å²) in [5.74, 6) is 0.635. The third-order valence-electron chi connectivity index (χ3n) is 3.15. The Kier molecular flexibility index (Phi) is 3.32. The standard InChI is InChI=1S/C11H17ClN2O/c1-8-7-11(12)14(13-8)9(2)10-3-5-15-6-4-10/h7,9-10H,3-6H2,1-2H3. The fraction of sp³-hybridized carbons (Fsp3) is 0.727. The first-order valence-electron chi connectivity index (χ1n) is 5.48. The quantitative estimate of drug-likeness (QED) is 0.779. The number of rotatable bonds is 2. The Hall–Kier alpha value is -0.540. The maximum atomic E-state index is 6.13. The summed E-state index contributed by atoms with van der Waals surface area (Å²) in [7, 11) is 0. The van der Waals surface area contributed by atoms with Crippen LogP contribution in [0, 0.1) is 12.8 Å². The Labute approximate surface area is 95.4 Å². The van der Waals surface area contributed by atoms with Gasteiger partial charge in [0.05, 0.1) is 11.7 Å². The van der Waals surface area contributed by atoms with Crippen LogP contribution in [0.1, 0.15) is 31.5 Å². The van der Waals surface area contributed by atoms with Crippen LogP contribution in [0.3, 0.4) is 0 Å². The van der Waals surface area contributed by atoms with Crippen LogP contribution < -0.4 is 0 Å². The zero-order chi connectivity index (χ0) is 10.8. The fourth-order valence-corrected chi connectivity index (χ4v) is 2.52. The second-order valence-corrected chi connectivity index (χ2v) is 4.63. The molecule has 0 spiro atoms. The van der Waals surface area contributed by atoms with Crippen molar-refractivity contribution in [1.29, 1.82) is 0 Å². The average Bonchev–Trinajstić information content (AvgIpc) is 2.58. The molecule has 2 rings (SSSR count). The van der Waals surface area contributed by atoms with Crippen molar-refractivity contribution in [3.05, 3.63) is 16.9 Å². The van der Waals surface area contributed by atoms with Crippen molar-refractivity contribution in [3.8, 4) is 0 Å². The Bertz CT molecular complexity index is 331. The van der Waals surface area contributed by atoms with Crippen LogP contribution in [0.15, 0.2) is 6.07 Å². The number of hydrogen-bond acceptors (Lipinski definition) is 2. The van der Waals surface area contributed by atoms with Gasteiger partial charge in [-0.3, -0.25) is 4.68 Å². The molecule has 2 heterocycles. The average molecular weight is 229 g/mol. The van der Waals surface area contributed by atoms with Crippen LogP contribution in [0.25, 0.3) is 0 Å². The summed E-state index contributed by atoms with van der Waals surface area (Å²) in [6, 6.07) is 2.28. The van der Waals surface area contributed by atoms with Crippen molar-refractivity contribution < 1.29 is 4.74 Å². The molecule has 0 aromatic carbocycles. The molecule has 0 N–H and O–H groups in total. The second-order valence-electron chi connectivity index (χ2n) is 4.24. The molecular weight excluding hydrogens is 212 g/mol. The molecule has 4 heteroatoms. The van der Waals surface area contributed by atoms with Gasteiger partial charge in [-0.15, -0.1) is 0 Å². The highest BCUT2D eigenvalue weighted by molar-refractivity contribution is 6.29. The summed E-state index contributed by atoms with van der Waals surface area (Å²) >= 11 is 6.13. The van der Waals surface area contributed by atoms with Gasteiger partial charge in [0, 0.05) is 13.2 Å². The van der Waals surface area contributed by atoms with Gasteiger partial charge in [0.25, 0.3) is 0 Å². The molecular formula is C11H17ClN2O. The highest BCUT2D eigenvalue weighted by Gasteiger charge is 2.23. The molecule has 1 fully saturated rings. The van der Waals surface area contributed by atoms with Crippen molar-refractivity contribution in [2.45, 2.75) is 32.7 Å². The molecule has 1 unspecified atom stereocenters. The highest BCUT2D eigenvalue weighted by atomic mass is 35.5. The largest absolute Gasteiger partial charge is 0.381 e. The van der Waals surface area contributed by atoms with Gasteiger partial charge in [-0.2, -0.15) is 5.10 Å². The molecule has 1 aliphatic rings. The normalized spacial score (nSPS) is 20.5. The van der Waals surface area contributed by atoms with E-state index < -0.39 is 0 Å². The van der Waals surface area contributed by atoms with Crippen LogP contribution in [0.2, 0.25) is 5.15 Å². The molecule has 0 bridgehead atoms. The van der Waals surface area contributed by atoms with Gasteiger partial charge >= 0.3 is 0 Å². The number of hydrogen-bond donors (Lipinski definition) is 0. The molecule has 1 atom stereocenters. The van der Waals surface area contributed by atoms with E-state index in [4.69, 9.17) is 16.3 Å². The predicted molar refractivity (Wildman–Crippen MR) is 60.2 cm³/mol. The van der Waals surface area contributed by atoms with Gasteiger partial charge in [0.2, 0.25) is 0 Å². The van der Waals surface area contributed by atoms with E-state index in [-0.39, 0.29) is 0 Å². The molecule has 3 nitrogen and oxygen atoms in total. The number of ether oxygens (including phenoxy) is 1. The maximum absolute atomic E-state index is 6.13. The second kappa shape index (κ2) is 4.54. The molecule has 1 aromatic rings. The Balaban J connectivity index is 2.12. The molecule has 15 heavy (non-hydrogen) atoms. The lowest BCUT2D eigenvalue weighted by molar-refractivity contribution is 0.0496. The van der Waals surface area contributed by atoms with Crippen molar-refractivity contribution >= 4 is 11.6 Å². The number of nitrogens with zero attached hydrogens (tertiary/aromatic N) is 2. The SMILES string of the molecule is Cc1cc(Cl)n(C(C)C2CCOCC2)n1. The van der Waals surface area contributed by atoms with Gasteiger partial charge in [0.15, 0.2) is 0 Å². The van der Waals surface area contributed by atoms with E-state index in [9.17, 15) is 0 Å². The summed E-state index contributed by atoms with van der Waals surface area (Å²) in [6.07, 6.45) is 2.22. The monoisotopic (exact) mass is 228 g/mol. The lowest BCUT2D eigenvalue weighted by Crippen LogP contribution is -2.24. The minimum atomic E-state index is 0.370. The van der Waals surface area contributed by atoms with E-state index in [0.29, 0.717) is 12.0 Å². The summed E-state index contributed by atoms with van der Waals surface area (Å²) in [6.45, 7) is 5.90. The number of aromatic nitrogens is 2. The minimum absolute atomic E-state index is 0.370. The lowest BCUT2D eigenvalue weighted by Gasteiger charge is -2.28. The van der Waals surface area contributed by atoms with Crippen molar-refractivity contribution in [2.75, 3.05) is 13.2 Å². The molecule has 0 radical (unpaired) electrons. The molecule has 1 saturated heterocycles. The van der Waals surface area contributed by atoms with Crippen molar-refractivity contribution in [3.63, 3.8) is 0 Å². The third-order valence-corrected chi connectivity index (χ3v) is 3.43. The fourth-order valence-electron chi connectivity index (χ4n) is 2.17. The first-order valence-corrected chi connectivity index (χ1v) is 5.85. The van der Waals surface area contributed by atoms with Gasteiger partial charge in [-0.25, -0.2) is 0 Å². The molecule has 0 aliphatic carbocycles. The van der Waals surface area contributed by atoms with Gasteiger partial charge in [-0.05, 0) is 38.7 Å². The molecule has 0 amide bonds. The highest BCUT2D eigenvalue weighted by Crippen LogP contribution is 2.29. The third kappa shape index (κ3) is 2.34. The lowest BCUT2D eigenvalue weighted by atomic mass is 9.93. The van der Waals surface area contributed by atoms with Crippen LogP contribution >= 0.6 is 11.6 Å². The maximum Gasteiger partial charge on any atom is 0.127 e. The molecule has 1 aliphatic heterocycles. The summed E-state index contributed by atoms with van der Waals surface area (Å²) in [5, 5.41) is 5.17. The summed E-state index contributed by atoms with van der Waals surface area (Å²) in [5.41, 5.74) is 0.985. The van der Waals surface area contributed by atoms with E-state index in [2.05, 4.69) is 12.0 Å². The Morgan fingerprint density at radius 2 is 2.20 bits per heavy atom. The molecule has 84 valence electrons. The zero-order valence-corrected chi connectivity index (χ0v) is 10.00. The summed E-state index contributed by atoms with van der Waals surface area (Å²) < 4.78 is 7.30. The molecule has 1 aromatic heterocycles. The van der Waals surface area contributed by atoms with Gasteiger partial charge in [-0.1, -0.05) is 11.6 Å². The summed E-state index contributed by atoms with van der Waals surface area (Å²) in [4.78, 5) is 0. The van der Waals surface area contributed by atoms with Crippen molar-refractivity contribution in [1.82, 2.24) is 9.78 Å². The van der Waals surface area contributed by atoms with E-state index in [1.807, 2.05) is 17.7 Å². The van der Waals surface area contributed by atoms with Crippen LogP contribution in [-0.4, -0.2) is 23.0 Å². The Morgan fingerprint density at radius 1 is 1.53 bits per heavy atom. The predicted octanol–water partition coefficient (Wildman–Crippen LogP) is 2.83. The zero-order valence-electron chi connectivity index (χ0n) is 9.24. The smallest absolute Gasteiger partial charge is 0.127 e.